The average molecular weight is 418 g/mol. The highest BCUT2D eigenvalue weighted by molar-refractivity contribution is 6.36. The maximum atomic E-state index is 6.22. The molecule has 1 saturated heterocycles. The van der Waals surface area contributed by atoms with Crippen LogP contribution in [0.15, 0.2) is 53.7 Å². The summed E-state index contributed by atoms with van der Waals surface area (Å²) in [5.41, 5.74) is 8.61. The molecular weight excluding hydrogens is 393 g/mol. The molecule has 0 amide bonds. The van der Waals surface area contributed by atoms with Gasteiger partial charge in [-0.25, -0.2) is 0 Å². The molecule has 0 spiro atoms. The van der Waals surface area contributed by atoms with Crippen molar-refractivity contribution in [1.82, 2.24) is 5.32 Å². The van der Waals surface area contributed by atoms with Gasteiger partial charge in [0.15, 0.2) is 0 Å². The van der Waals surface area contributed by atoms with Crippen LogP contribution in [0, 0.1) is 0 Å². The molecule has 0 bridgehead atoms. The van der Waals surface area contributed by atoms with Crippen molar-refractivity contribution in [2.75, 3.05) is 19.7 Å². The molecule has 2 aromatic carbocycles. The number of allylic oxidation sites excluding steroid dienone is 1. The first-order valence-electron chi connectivity index (χ1n) is 9.49. The summed E-state index contributed by atoms with van der Waals surface area (Å²) in [6.45, 7) is 2.52. The number of halogens is 2. The van der Waals surface area contributed by atoms with E-state index in [1.807, 2.05) is 48.7 Å². The van der Waals surface area contributed by atoms with E-state index in [2.05, 4.69) is 5.32 Å². The van der Waals surface area contributed by atoms with Gasteiger partial charge in [0.1, 0.15) is 5.75 Å². The van der Waals surface area contributed by atoms with Crippen molar-refractivity contribution in [3.63, 3.8) is 0 Å². The van der Waals surface area contributed by atoms with E-state index in [0.29, 0.717) is 29.1 Å². The Morgan fingerprint density at radius 3 is 2.57 bits per heavy atom. The number of aliphatic imine (C=N–C) groups is 1. The van der Waals surface area contributed by atoms with E-state index >= 15 is 0 Å². The van der Waals surface area contributed by atoms with E-state index in [0.717, 1.165) is 48.4 Å². The van der Waals surface area contributed by atoms with Crippen molar-refractivity contribution in [2.45, 2.75) is 25.3 Å². The van der Waals surface area contributed by atoms with Crippen LogP contribution in [-0.4, -0.2) is 32.0 Å². The molecule has 0 aromatic heterocycles. The highest BCUT2D eigenvalue weighted by Gasteiger charge is 2.11. The molecule has 1 fully saturated rings. The zero-order chi connectivity index (χ0) is 19.8. The second kappa shape index (κ2) is 10.5. The molecule has 1 aliphatic heterocycles. The fourth-order valence-electron chi connectivity index (χ4n) is 3.16. The van der Waals surface area contributed by atoms with Crippen LogP contribution in [0.5, 0.6) is 5.75 Å². The van der Waals surface area contributed by atoms with Crippen LogP contribution in [0.4, 0.5) is 0 Å². The molecule has 1 heterocycles. The molecule has 0 saturated carbocycles. The normalized spacial score (nSPS) is 15.9. The summed E-state index contributed by atoms with van der Waals surface area (Å²) in [4.78, 5) is 4.70. The Hall–Kier alpha value is -2.01. The van der Waals surface area contributed by atoms with Crippen LogP contribution in [0.25, 0.3) is 5.57 Å². The number of rotatable bonds is 7. The Balaban J connectivity index is 1.61. The minimum atomic E-state index is 0.357. The van der Waals surface area contributed by atoms with Crippen molar-refractivity contribution in [1.29, 1.82) is 0 Å². The topological polar surface area (TPSA) is 59.6 Å². The fraction of sp³-hybridized carbons (Fsp3) is 0.318. The van der Waals surface area contributed by atoms with Gasteiger partial charge in [-0.2, -0.15) is 0 Å². The summed E-state index contributed by atoms with van der Waals surface area (Å²) in [6.07, 6.45) is 6.22. The molecule has 4 nitrogen and oxygen atoms in total. The number of piperidine rings is 1. The van der Waals surface area contributed by atoms with Crippen LogP contribution < -0.4 is 15.8 Å². The Bertz CT molecular complexity index is 825. The van der Waals surface area contributed by atoms with E-state index < -0.39 is 0 Å². The maximum absolute atomic E-state index is 6.22. The lowest BCUT2D eigenvalue weighted by Crippen LogP contribution is -2.29. The molecule has 28 heavy (non-hydrogen) atoms. The molecule has 3 rings (SSSR count). The second-order valence-electron chi connectivity index (χ2n) is 6.71. The Kier molecular flexibility index (Phi) is 7.78. The molecule has 0 aliphatic carbocycles. The van der Waals surface area contributed by atoms with Gasteiger partial charge in [-0.1, -0.05) is 41.4 Å². The summed E-state index contributed by atoms with van der Waals surface area (Å²) in [5, 5.41) is 4.67. The van der Waals surface area contributed by atoms with Gasteiger partial charge in [0.2, 0.25) is 0 Å². The molecule has 0 atom stereocenters. The molecular formula is C22H25Cl2N3O. The summed E-state index contributed by atoms with van der Waals surface area (Å²) in [6, 6.07) is 13.7. The van der Waals surface area contributed by atoms with Gasteiger partial charge in [0.05, 0.1) is 12.6 Å². The predicted molar refractivity (Wildman–Crippen MR) is 119 cm³/mol. The highest BCUT2D eigenvalue weighted by atomic mass is 35.5. The molecule has 0 radical (unpaired) electrons. The third-order valence-corrected chi connectivity index (χ3v) is 5.47. The minimum absolute atomic E-state index is 0.357. The number of nitrogens with two attached hydrogens (primary N) is 1. The van der Waals surface area contributed by atoms with Crippen molar-refractivity contribution in [2.24, 2.45) is 10.7 Å². The average Bonchev–Trinajstić information content (AvgIpc) is 2.72. The van der Waals surface area contributed by atoms with Gasteiger partial charge in [-0.15, -0.1) is 0 Å². The summed E-state index contributed by atoms with van der Waals surface area (Å²) < 4.78 is 5.91. The standard InChI is InChI=1S/C22H25Cl2N3O/c23-21-5-2-6-22(24)20(21)9-12-28-19-4-1-3-16(13-19)17(14-25)15-27-18-7-10-26-11-8-18/h1-6,13-15,18,26H,7-12,25H2. The number of hydrogen-bond acceptors (Lipinski definition) is 4. The van der Waals surface area contributed by atoms with Gasteiger partial charge in [0, 0.05) is 34.5 Å². The number of hydrogen-bond donors (Lipinski definition) is 2. The van der Waals surface area contributed by atoms with Gasteiger partial charge < -0.3 is 15.8 Å². The third-order valence-electron chi connectivity index (χ3n) is 4.76. The van der Waals surface area contributed by atoms with E-state index in [1.54, 1.807) is 6.20 Å². The molecule has 2 aromatic rings. The first-order valence-corrected chi connectivity index (χ1v) is 10.2. The monoisotopic (exact) mass is 417 g/mol. The second-order valence-corrected chi connectivity index (χ2v) is 7.52. The van der Waals surface area contributed by atoms with Gasteiger partial charge in [-0.05, 0) is 61.3 Å². The highest BCUT2D eigenvalue weighted by Crippen LogP contribution is 2.25. The lowest BCUT2D eigenvalue weighted by molar-refractivity contribution is 0.322. The fourth-order valence-corrected chi connectivity index (χ4v) is 3.75. The van der Waals surface area contributed by atoms with Crippen LogP contribution in [0.3, 0.4) is 0 Å². The zero-order valence-corrected chi connectivity index (χ0v) is 17.2. The predicted octanol–water partition coefficient (Wildman–Crippen LogP) is 4.74. The smallest absolute Gasteiger partial charge is 0.119 e. The molecule has 3 N–H and O–H groups in total. The largest absolute Gasteiger partial charge is 0.493 e. The van der Waals surface area contributed by atoms with Gasteiger partial charge in [0.25, 0.3) is 0 Å². The number of nitrogens with zero attached hydrogens (tertiary/aromatic N) is 1. The van der Waals surface area contributed by atoms with Crippen molar-refractivity contribution >= 4 is 35.0 Å². The van der Waals surface area contributed by atoms with Crippen molar-refractivity contribution < 1.29 is 4.74 Å². The van der Waals surface area contributed by atoms with E-state index in [4.69, 9.17) is 38.7 Å². The summed E-state index contributed by atoms with van der Waals surface area (Å²) in [5.74, 6) is 0.773. The van der Waals surface area contributed by atoms with Crippen LogP contribution >= 0.6 is 23.2 Å². The van der Waals surface area contributed by atoms with Gasteiger partial charge >= 0.3 is 0 Å². The zero-order valence-electron chi connectivity index (χ0n) is 15.7. The molecule has 1 aliphatic rings. The van der Waals surface area contributed by atoms with E-state index in [1.165, 1.54) is 0 Å². The van der Waals surface area contributed by atoms with Gasteiger partial charge in [-0.3, -0.25) is 4.99 Å². The molecule has 6 heteroatoms. The van der Waals surface area contributed by atoms with E-state index in [9.17, 15) is 0 Å². The Morgan fingerprint density at radius 1 is 1.14 bits per heavy atom. The lowest BCUT2D eigenvalue weighted by Gasteiger charge is -2.18. The quantitative estimate of drug-likeness (QED) is 0.639. The first kappa shape index (κ1) is 20.7. The van der Waals surface area contributed by atoms with E-state index in [-0.39, 0.29) is 0 Å². The first-order chi connectivity index (χ1) is 13.7. The van der Waals surface area contributed by atoms with Crippen LogP contribution in [-0.2, 0) is 6.42 Å². The third kappa shape index (κ3) is 5.74. The Labute approximate surface area is 176 Å². The minimum Gasteiger partial charge on any atom is -0.493 e. The number of benzene rings is 2. The number of ether oxygens (including phenoxy) is 1. The number of nitrogens with one attached hydrogen (secondary N) is 1. The summed E-state index contributed by atoms with van der Waals surface area (Å²) in [7, 11) is 0. The maximum Gasteiger partial charge on any atom is 0.119 e. The SMILES string of the molecule is NC=C(C=NC1CCNCC1)c1cccc(OCCc2c(Cl)cccc2Cl)c1. The van der Waals surface area contributed by atoms with Crippen LogP contribution in [0.1, 0.15) is 24.0 Å². The van der Waals surface area contributed by atoms with Crippen LogP contribution in [0.2, 0.25) is 10.0 Å². The molecule has 148 valence electrons. The summed E-state index contributed by atoms with van der Waals surface area (Å²) >= 11 is 12.4. The molecule has 0 unspecified atom stereocenters. The van der Waals surface area contributed by atoms with Crippen molar-refractivity contribution in [3.8, 4) is 5.75 Å². The lowest BCUT2D eigenvalue weighted by atomic mass is 10.1. The Morgan fingerprint density at radius 2 is 1.86 bits per heavy atom. The van der Waals surface area contributed by atoms with Crippen molar-refractivity contribution in [3.05, 3.63) is 69.8 Å².